The van der Waals surface area contributed by atoms with Gasteiger partial charge in [0.05, 0.1) is 17.0 Å². The second-order valence-corrected chi connectivity index (χ2v) is 9.12. The van der Waals surface area contributed by atoms with Gasteiger partial charge in [-0.25, -0.2) is 4.98 Å². The number of benzene rings is 2. The SMILES string of the molecule is O=C(CCSc1nc2ccccc2c(=O)[nH]1)N[C@H]1CC[C@H](Oc2cccc(Cl)c2)CC1. The van der Waals surface area contributed by atoms with Gasteiger partial charge in [0.25, 0.3) is 5.56 Å². The van der Waals surface area contributed by atoms with Crippen LogP contribution in [0.5, 0.6) is 5.75 Å². The number of carbonyl (C=O) groups is 1. The van der Waals surface area contributed by atoms with Crippen molar-refractivity contribution in [1.82, 2.24) is 15.3 Å². The Morgan fingerprint density at radius 2 is 1.97 bits per heavy atom. The summed E-state index contributed by atoms with van der Waals surface area (Å²) in [5, 5.41) is 4.89. The van der Waals surface area contributed by atoms with Crippen molar-refractivity contribution in [1.29, 1.82) is 0 Å². The van der Waals surface area contributed by atoms with E-state index in [2.05, 4.69) is 15.3 Å². The Labute approximate surface area is 189 Å². The summed E-state index contributed by atoms with van der Waals surface area (Å²) in [6, 6.07) is 14.8. The van der Waals surface area contributed by atoms with Gasteiger partial charge in [-0.3, -0.25) is 9.59 Å². The van der Waals surface area contributed by atoms with Crippen molar-refractivity contribution in [3.8, 4) is 5.75 Å². The maximum atomic E-state index is 12.3. The van der Waals surface area contributed by atoms with Gasteiger partial charge in [0.1, 0.15) is 5.75 Å². The first-order valence-corrected chi connectivity index (χ1v) is 11.8. The van der Waals surface area contributed by atoms with E-state index in [0.717, 1.165) is 31.4 Å². The Bertz CT molecular complexity index is 1110. The molecule has 8 heteroatoms. The van der Waals surface area contributed by atoms with Gasteiger partial charge in [0, 0.05) is 23.2 Å². The largest absolute Gasteiger partial charge is 0.490 e. The molecule has 1 heterocycles. The van der Waals surface area contributed by atoms with Crippen LogP contribution in [-0.2, 0) is 4.79 Å². The third-order valence-electron chi connectivity index (χ3n) is 5.30. The van der Waals surface area contributed by atoms with E-state index in [1.54, 1.807) is 6.07 Å². The number of H-pyrrole nitrogens is 1. The first-order valence-electron chi connectivity index (χ1n) is 10.4. The zero-order chi connectivity index (χ0) is 21.6. The molecule has 162 valence electrons. The summed E-state index contributed by atoms with van der Waals surface area (Å²) in [4.78, 5) is 31.7. The van der Waals surface area contributed by atoms with Crippen LogP contribution in [0.25, 0.3) is 10.9 Å². The third-order valence-corrected chi connectivity index (χ3v) is 6.41. The molecule has 1 saturated carbocycles. The Hall–Kier alpha value is -2.51. The highest BCUT2D eigenvalue weighted by molar-refractivity contribution is 7.99. The Morgan fingerprint density at radius 1 is 1.16 bits per heavy atom. The van der Waals surface area contributed by atoms with Crippen molar-refractivity contribution in [2.45, 2.75) is 49.4 Å². The van der Waals surface area contributed by atoms with E-state index in [1.807, 2.05) is 42.5 Å². The number of hydrogen-bond donors (Lipinski definition) is 2. The minimum absolute atomic E-state index is 0.0230. The lowest BCUT2D eigenvalue weighted by molar-refractivity contribution is -0.121. The maximum Gasteiger partial charge on any atom is 0.259 e. The van der Waals surface area contributed by atoms with Crippen LogP contribution < -0.4 is 15.6 Å². The first kappa shape index (κ1) is 21.7. The molecule has 0 atom stereocenters. The van der Waals surface area contributed by atoms with Gasteiger partial charge in [0.2, 0.25) is 5.91 Å². The standard InChI is InChI=1S/C23H24ClN3O3S/c24-15-4-3-5-18(14-15)30-17-10-8-16(9-11-17)25-21(28)12-13-31-23-26-20-7-2-1-6-19(20)22(29)27-23/h1-7,14,16-17H,8-13H2,(H,25,28)(H,26,27,29)/t16-,17-. The van der Waals surface area contributed by atoms with Crippen LogP contribution in [0, 0.1) is 0 Å². The van der Waals surface area contributed by atoms with Crippen LogP contribution in [0.2, 0.25) is 5.02 Å². The van der Waals surface area contributed by atoms with E-state index in [-0.39, 0.29) is 23.6 Å². The molecule has 4 rings (SSSR count). The number of nitrogens with zero attached hydrogens (tertiary/aromatic N) is 1. The first-order chi connectivity index (χ1) is 15.1. The number of fused-ring (bicyclic) bond motifs is 1. The normalized spacial score (nSPS) is 18.6. The molecule has 3 aromatic rings. The van der Waals surface area contributed by atoms with Crippen molar-refractivity contribution in [3.05, 3.63) is 63.9 Å². The lowest BCUT2D eigenvalue weighted by Crippen LogP contribution is -2.39. The maximum absolute atomic E-state index is 12.3. The van der Waals surface area contributed by atoms with Gasteiger partial charge >= 0.3 is 0 Å². The van der Waals surface area contributed by atoms with Gasteiger partial charge in [-0.2, -0.15) is 0 Å². The molecule has 1 aliphatic carbocycles. The van der Waals surface area contributed by atoms with Crippen LogP contribution in [0.1, 0.15) is 32.1 Å². The van der Waals surface area contributed by atoms with Crippen LogP contribution in [-0.4, -0.2) is 33.8 Å². The Balaban J connectivity index is 1.19. The molecule has 0 aliphatic heterocycles. The molecule has 1 fully saturated rings. The number of halogens is 1. The molecule has 0 bridgehead atoms. The lowest BCUT2D eigenvalue weighted by atomic mass is 9.93. The topological polar surface area (TPSA) is 84.1 Å². The average Bonchev–Trinajstić information content (AvgIpc) is 2.75. The number of aromatic nitrogens is 2. The van der Waals surface area contributed by atoms with Crippen LogP contribution in [0.15, 0.2) is 58.5 Å². The zero-order valence-corrected chi connectivity index (χ0v) is 18.5. The number of rotatable bonds is 7. The second-order valence-electron chi connectivity index (χ2n) is 7.60. The summed E-state index contributed by atoms with van der Waals surface area (Å²) in [5.74, 6) is 1.37. The van der Waals surface area contributed by atoms with Crippen molar-refractivity contribution in [2.24, 2.45) is 0 Å². The molecule has 1 amide bonds. The summed E-state index contributed by atoms with van der Waals surface area (Å²) in [7, 11) is 0. The van der Waals surface area contributed by atoms with Crippen LogP contribution >= 0.6 is 23.4 Å². The highest BCUT2D eigenvalue weighted by Gasteiger charge is 2.23. The van der Waals surface area contributed by atoms with Gasteiger partial charge in [-0.05, 0) is 56.0 Å². The van der Waals surface area contributed by atoms with Crippen molar-refractivity contribution in [2.75, 3.05) is 5.75 Å². The molecule has 0 saturated heterocycles. The molecule has 1 aromatic heterocycles. The van der Waals surface area contributed by atoms with E-state index < -0.39 is 0 Å². The van der Waals surface area contributed by atoms with Gasteiger partial charge in [-0.15, -0.1) is 0 Å². The van der Waals surface area contributed by atoms with E-state index in [9.17, 15) is 9.59 Å². The number of nitrogens with one attached hydrogen (secondary N) is 2. The predicted molar refractivity (Wildman–Crippen MR) is 124 cm³/mol. The zero-order valence-electron chi connectivity index (χ0n) is 17.0. The fourth-order valence-corrected chi connectivity index (χ4v) is 4.72. The number of ether oxygens (including phenoxy) is 1. The molecule has 0 radical (unpaired) electrons. The summed E-state index contributed by atoms with van der Waals surface area (Å²) >= 11 is 7.39. The number of thioether (sulfide) groups is 1. The molecule has 0 unspecified atom stereocenters. The molecule has 1 aliphatic rings. The minimum atomic E-state index is -0.158. The van der Waals surface area contributed by atoms with Crippen LogP contribution in [0.3, 0.4) is 0 Å². The monoisotopic (exact) mass is 457 g/mol. The fraction of sp³-hybridized carbons (Fsp3) is 0.348. The average molecular weight is 458 g/mol. The Morgan fingerprint density at radius 3 is 2.77 bits per heavy atom. The van der Waals surface area contributed by atoms with E-state index in [0.29, 0.717) is 33.3 Å². The van der Waals surface area contributed by atoms with Crippen molar-refractivity contribution in [3.63, 3.8) is 0 Å². The molecule has 6 nitrogen and oxygen atoms in total. The number of aromatic amines is 1. The number of para-hydroxylation sites is 1. The fourth-order valence-electron chi connectivity index (χ4n) is 3.73. The van der Waals surface area contributed by atoms with E-state index in [4.69, 9.17) is 16.3 Å². The summed E-state index contributed by atoms with van der Waals surface area (Å²) in [5.41, 5.74) is 0.504. The summed E-state index contributed by atoms with van der Waals surface area (Å²) < 4.78 is 6.01. The summed E-state index contributed by atoms with van der Waals surface area (Å²) in [6.07, 6.45) is 4.11. The number of hydrogen-bond acceptors (Lipinski definition) is 5. The molecular formula is C23H24ClN3O3S. The number of carbonyl (C=O) groups excluding carboxylic acids is 1. The Kier molecular flexibility index (Phi) is 7.14. The predicted octanol–water partition coefficient (Wildman–Crippen LogP) is 4.57. The molecular weight excluding hydrogens is 434 g/mol. The highest BCUT2D eigenvalue weighted by atomic mass is 35.5. The van der Waals surface area contributed by atoms with E-state index >= 15 is 0 Å². The minimum Gasteiger partial charge on any atom is -0.490 e. The summed E-state index contributed by atoms with van der Waals surface area (Å²) in [6.45, 7) is 0. The second kappa shape index (κ2) is 10.2. The molecule has 2 aromatic carbocycles. The van der Waals surface area contributed by atoms with Gasteiger partial charge in [0.15, 0.2) is 5.16 Å². The van der Waals surface area contributed by atoms with Gasteiger partial charge in [-0.1, -0.05) is 41.6 Å². The molecule has 31 heavy (non-hydrogen) atoms. The van der Waals surface area contributed by atoms with Crippen LogP contribution in [0.4, 0.5) is 0 Å². The van der Waals surface area contributed by atoms with Crippen molar-refractivity contribution < 1.29 is 9.53 Å². The lowest BCUT2D eigenvalue weighted by Gasteiger charge is -2.29. The quantitative estimate of drug-likeness (QED) is 0.401. The number of amides is 1. The molecule has 0 spiro atoms. The third kappa shape index (κ3) is 6.02. The van der Waals surface area contributed by atoms with Crippen molar-refractivity contribution >= 4 is 40.2 Å². The van der Waals surface area contributed by atoms with E-state index in [1.165, 1.54) is 11.8 Å². The molecule has 2 N–H and O–H groups in total. The smallest absolute Gasteiger partial charge is 0.259 e. The highest BCUT2D eigenvalue weighted by Crippen LogP contribution is 2.25. The van der Waals surface area contributed by atoms with Gasteiger partial charge < -0.3 is 15.0 Å².